The Hall–Kier alpha value is -0.700. The summed E-state index contributed by atoms with van der Waals surface area (Å²) in [6.07, 6.45) is 6.50. The van der Waals surface area contributed by atoms with Crippen LogP contribution < -0.4 is 0 Å². The first-order valence-corrected chi connectivity index (χ1v) is 9.73. The largest absolute Gasteiger partial charge is 0.299 e. The monoisotopic (exact) mass is 376 g/mol. The maximum atomic E-state index is 12.5. The van der Waals surface area contributed by atoms with Crippen LogP contribution in [-0.2, 0) is 9.59 Å². The second-order valence-electron chi connectivity index (χ2n) is 8.63. The molecule has 4 aliphatic carbocycles. The van der Waals surface area contributed by atoms with Gasteiger partial charge in [-0.3, -0.25) is 9.59 Å². The smallest absolute Gasteiger partial charge is 0.170 e. The molecule has 3 saturated carbocycles. The van der Waals surface area contributed by atoms with Crippen LogP contribution in [0.5, 0.6) is 0 Å². The molecular formula is C20H25BrO2. The number of allylic oxidation sites excluding steroid dienone is 2. The molecule has 0 aromatic carbocycles. The van der Waals surface area contributed by atoms with Gasteiger partial charge in [0, 0.05) is 18.3 Å². The van der Waals surface area contributed by atoms with Gasteiger partial charge in [0.05, 0.1) is 4.48 Å². The fraction of sp³-hybridized carbons (Fsp3) is 0.700. The van der Waals surface area contributed by atoms with Crippen molar-refractivity contribution < 1.29 is 9.59 Å². The zero-order chi connectivity index (χ0) is 16.6. The average molecular weight is 377 g/mol. The van der Waals surface area contributed by atoms with Crippen LogP contribution in [-0.4, -0.2) is 11.6 Å². The van der Waals surface area contributed by atoms with E-state index in [-0.39, 0.29) is 16.6 Å². The van der Waals surface area contributed by atoms with E-state index in [4.69, 9.17) is 0 Å². The Morgan fingerprint density at radius 3 is 2.48 bits per heavy atom. The summed E-state index contributed by atoms with van der Waals surface area (Å²) in [6, 6.07) is 0. The summed E-state index contributed by atoms with van der Waals surface area (Å²) in [6.45, 7) is 8.90. The topological polar surface area (TPSA) is 34.1 Å². The van der Waals surface area contributed by atoms with Gasteiger partial charge in [-0.05, 0) is 82.3 Å². The number of hydrogen-bond donors (Lipinski definition) is 0. The highest BCUT2D eigenvalue weighted by Crippen LogP contribution is 2.66. The minimum absolute atomic E-state index is 0.0553. The Bertz CT molecular complexity index is 661. The Labute approximate surface area is 146 Å². The summed E-state index contributed by atoms with van der Waals surface area (Å²) in [4.78, 5) is 24.6. The number of rotatable bonds is 0. The molecule has 0 N–H and O–H groups in total. The summed E-state index contributed by atoms with van der Waals surface area (Å²) in [5, 5.41) is 0. The molecule has 3 heteroatoms. The van der Waals surface area contributed by atoms with Crippen LogP contribution in [0.25, 0.3) is 0 Å². The first-order valence-electron chi connectivity index (χ1n) is 8.94. The third-order valence-electron chi connectivity index (χ3n) is 7.71. The average Bonchev–Trinajstić information content (AvgIpc) is 2.79. The highest BCUT2D eigenvalue weighted by Gasteiger charge is 2.60. The van der Waals surface area contributed by atoms with Gasteiger partial charge in [0.15, 0.2) is 5.78 Å². The van der Waals surface area contributed by atoms with Crippen LogP contribution in [0.2, 0.25) is 0 Å². The Morgan fingerprint density at radius 2 is 1.74 bits per heavy atom. The van der Waals surface area contributed by atoms with Gasteiger partial charge in [-0.1, -0.05) is 20.4 Å². The highest BCUT2D eigenvalue weighted by atomic mass is 79.9. The molecule has 0 aliphatic heterocycles. The molecule has 0 bridgehead atoms. The second-order valence-corrected chi connectivity index (χ2v) is 9.43. The van der Waals surface area contributed by atoms with Gasteiger partial charge < -0.3 is 0 Å². The number of ketones is 2. The molecule has 0 aromatic rings. The molecule has 0 radical (unpaired) electrons. The molecule has 0 saturated heterocycles. The Balaban J connectivity index is 1.79. The minimum atomic E-state index is -0.0965. The molecular weight excluding hydrogens is 352 g/mol. The van der Waals surface area contributed by atoms with Crippen molar-refractivity contribution in [3.8, 4) is 0 Å². The summed E-state index contributed by atoms with van der Waals surface area (Å²) < 4.78 is 0.783. The Kier molecular flexibility index (Phi) is 3.37. The molecule has 23 heavy (non-hydrogen) atoms. The minimum Gasteiger partial charge on any atom is -0.299 e. The highest BCUT2D eigenvalue weighted by molar-refractivity contribution is 9.12. The first kappa shape index (κ1) is 15.8. The maximum absolute atomic E-state index is 12.5. The summed E-state index contributed by atoms with van der Waals surface area (Å²) >= 11 is 3.58. The van der Waals surface area contributed by atoms with E-state index in [9.17, 15) is 9.59 Å². The number of carbonyl (C=O) groups excluding carboxylic acids is 2. The van der Waals surface area contributed by atoms with Gasteiger partial charge in [-0.2, -0.15) is 0 Å². The first-order chi connectivity index (χ1) is 10.8. The van der Waals surface area contributed by atoms with Gasteiger partial charge in [0.1, 0.15) is 5.78 Å². The van der Waals surface area contributed by atoms with E-state index in [0.29, 0.717) is 30.0 Å². The van der Waals surface area contributed by atoms with E-state index in [1.807, 2.05) is 0 Å². The summed E-state index contributed by atoms with van der Waals surface area (Å²) in [7, 11) is 0. The molecule has 5 atom stereocenters. The number of fused-ring (bicyclic) bond motifs is 5. The lowest BCUT2D eigenvalue weighted by atomic mass is 9.47. The molecule has 3 fully saturated rings. The quantitative estimate of drug-likeness (QED) is 0.597. The summed E-state index contributed by atoms with van der Waals surface area (Å²) in [5.41, 5.74) is 2.29. The predicted molar refractivity (Wildman–Crippen MR) is 94.1 cm³/mol. The van der Waals surface area contributed by atoms with Crippen LogP contribution >= 0.6 is 15.9 Å². The maximum Gasteiger partial charge on any atom is 0.170 e. The molecule has 0 heterocycles. The standard InChI is InChI=1S/C20H25BrO2/c1-11-10-12-13-4-5-16(23)19(13,2)8-6-14(12)20(3)9-7-15(22)18(21)17(11)20/h12-14H,1,4-10H2,2-3H3/t12-,13-,14-,19-,20+/m0/s1. The Morgan fingerprint density at radius 1 is 1.04 bits per heavy atom. The van der Waals surface area contributed by atoms with Crippen LogP contribution in [0.15, 0.2) is 22.2 Å². The van der Waals surface area contributed by atoms with E-state index in [1.165, 1.54) is 5.57 Å². The zero-order valence-electron chi connectivity index (χ0n) is 14.1. The molecule has 0 unspecified atom stereocenters. The van der Waals surface area contributed by atoms with Crippen molar-refractivity contribution in [1.82, 2.24) is 0 Å². The van der Waals surface area contributed by atoms with Gasteiger partial charge in [0.25, 0.3) is 0 Å². The molecule has 0 aromatic heterocycles. The van der Waals surface area contributed by atoms with Crippen LogP contribution in [0, 0.1) is 28.6 Å². The van der Waals surface area contributed by atoms with E-state index < -0.39 is 0 Å². The van der Waals surface area contributed by atoms with Gasteiger partial charge in [-0.15, -0.1) is 0 Å². The predicted octanol–water partition coefficient (Wildman–Crippen LogP) is 4.98. The fourth-order valence-electron chi connectivity index (χ4n) is 6.45. The third kappa shape index (κ3) is 1.92. The molecule has 0 spiro atoms. The van der Waals surface area contributed by atoms with Crippen molar-refractivity contribution in [1.29, 1.82) is 0 Å². The molecule has 0 amide bonds. The van der Waals surface area contributed by atoms with Gasteiger partial charge in [-0.25, -0.2) is 0 Å². The number of carbonyl (C=O) groups is 2. The van der Waals surface area contributed by atoms with Crippen molar-refractivity contribution >= 4 is 27.5 Å². The third-order valence-corrected chi connectivity index (χ3v) is 8.55. The van der Waals surface area contributed by atoms with Crippen LogP contribution in [0.1, 0.15) is 58.8 Å². The lowest BCUT2D eigenvalue weighted by molar-refractivity contribution is -0.132. The number of halogens is 1. The van der Waals surface area contributed by atoms with Crippen molar-refractivity contribution in [3.05, 3.63) is 22.2 Å². The van der Waals surface area contributed by atoms with Crippen LogP contribution in [0.4, 0.5) is 0 Å². The summed E-state index contributed by atoms with van der Waals surface area (Å²) in [5.74, 6) is 2.38. The van der Waals surface area contributed by atoms with E-state index in [2.05, 4.69) is 36.4 Å². The van der Waals surface area contributed by atoms with Crippen LogP contribution in [0.3, 0.4) is 0 Å². The van der Waals surface area contributed by atoms with Crippen molar-refractivity contribution in [2.45, 2.75) is 58.8 Å². The van der Waals surface area contributed by atoms with Crippen molar-refractivity contribution in [2.75, 3.05) is 0 Å². The van der Waals surface area contributed by atoms with Gasteiger partial charge >= 0.3 is 0 Å². The van der Waals surface area contributed by atoms with Crippen molar-refractivity contribution in [3.63, 3.8) is 0 Å². The van der Waals surface area contributed by atoms with E-state index in [0.717, 1.165) is 48.6 Å². The van der Waals surface area contributed by atoms with E-state index in [1.54, 1.807) is 0 Å². The van der Waals surface area contributed by atoms with Gasteiger partial charge in [0.2, 0.25) is 0 Å². The van der Waals surface area contributed by atoms with Crippen molar-refractivity contribution in [2.24, 2.45) is 28.6 Å². The zero-order valence-corrected chi connectivity index (χ0v) is 15.7. The number of hydrogen-bond acceptors (Lipinski definition) is 2. The fourth-order valence-corrected chi connectivity index (χ4v) is 7.38. The lowest BCUT2D eigenvalue weighted by Gasteiger charge is -2.57. The van der Waals surface area contributed by atoms with E-state index >= 15 is 0 Å². The molecule has 2 nitrogen and oxygen atoms in total. The second kappa shape index (κ2) is 4.91. The SMILES string of the molecule is C=C1C[C@@H]2[C@H](CC[C@]3(C)C(=O)CC[C@@H]23)[C@@]2(C)CCC(=O)C(Br)=C12. The lowest BCUT2D eigenvalue weighted by Crippen LogP contribution is -2.51. The molecule has 4 rings (SSSR count). The molecule has 124 valence electrons. The number of Topliss-reactive ketones (excluding diaryl/α,β-unsaturated/α-hetero) is 2. The molecule has 4 aliphatic rings. The normalized spacial score (nSPS) is 46.6.